The van der Waals surface area contributed by atoms with E-state index in [-0.39, 0.29) is 0 Å². The van der Waals surface area contributed by atoms with Gasteiger partial charge in [0.05, 0.1) is 6.04 Å². The smallest absolute Gasteiger partial charge is 0.0578 e. The highest BCUT2D eigenvalue weighted by Gasteiger charge is 2.33. The van der Waals surface area contributed by atoms with E-state index in [2.05, 4.69) is 46.1 Å². The molecule has 1 aliphatic heterocycles. The maximum Gasteiger partial charge on any atom is 0.0578 e. The van der Waals surface area contributed by atoms with Crippen LogP contribution < -0.4 is 5.73 Å². The van der Waals surface area contributed by atoms with Gasteiger partial charge in [-0.25, -0.2) is 0 Å². The van der Waals surface area contributed by atoms with E-state index in [4.69, 9.17) is 5.73 Å². The fourth-order valence-electron chi connectivity index (χ4n) is 2.70. The zero-order valence-corrected chi connectivity index (χ0v) is 12.2. The summed E-state index contributed by atoms with van der Waals surface area (Å²) in [5.74, 6) is 0.794. The van der Waals surface area contributed by atoms with Crippen LogP contribution in [0.25, 0.3) is 0 Å². The molecule has 0 radical (unpaired) electrons. The minimum Gasteiger partial charge on any atom is -0.329 e. The minimum absolute atomic E-state index is 0.384. The van der Waals surface area contributed by atoms with Crippen LogP contribution in [-0.2, 0) is 0 Å². The van der Waals surface area contributed by atoms with Gasteiger partial charge in [-0.1, -0.05) is 6.92 Å². The van der Waals surface area contributed by atoms with E-state index < -0.39 is 0 Å². The number of hydrogen-bond acceptors (Lipinski definition) is 3. The molecule has 0 amide bonds. The van der Waals surface area contributed by atoms with E-state index in [1.807, 2.05) is 0 Å². The van der Waals surface area contributed by atoms with Gasteiger partial charge in [-0.2, -0.15) is 0 Å². The summed E-state index contributed by atoms with van der Waals surface area (Å²) < 4.78 is 1.21. The summed E-state index contributed by atoms with van der Waals surface area (Å²) in [5.41, 5.74) is 5.96. The van der Waals surface area contributed by atoms with Crippen molar-refractivity contribution in [3.05, 3.63) is 20.8 Å². The van der Waals surface area contributed by atoms with Crippen LogP contribution in [0.5, 0.6) is 0 Å². The van der Waals surface area contributed by atoms with Crippen LogP contribution in [0.1, 0.15) is 31.2 Å². The third-order valence-electron chi connectivity index (χ3n) is 3.40. The molecule has 0 saturated carbocycles. The molecular formula is C12H19BrN2S. The minimum atomic E-state index is 0.384. The van der Waals surface area contributed by atoms with E-state index >= 15 is 0 Å². The van der Waals surface area contributed by atoms with Crippen molar-refractivity contribution >= 4 is 27.3 Å². The van der Waals surface area contributed by atoms with Crippen molar-refractivity contribution in [1.29, 1.82) is 0 Å². The van der Waals surface area contributed by atoms with E-state index in [0.717, 1.165) is 5.92 Å². The van der Waals surface area contributed by atoms with Crippen LogP contribution in [0.2, 0.25) is 0 Å². The number of nitrogens with two attached hydrogens (primary N) is 1. The van der Waals surface area contributed by atoms with Crippen molar-refractivity contribution in [2.24, 2.45) is 11.7 Å². The molecule has 1 fully saturated rings. The second kappa shape index (κ2) is 5.17. The highest BCUT2D eigenvalue weighted by molar-refractivity contribution is 9.10. The molecule has 4 heteroatoms. The predicted molar refractivity (Wildman–Crippen MR) is 73.8 cm³/mol. The zero-order valence-electron chi connectivity index (χ0n) is 9.82. The summed E-state index contributed by atoms with van der Waals surface area (Å²) in [5, 5.41) is 2.13. The molecule has 2 heterocycles. The summed E-state index contributed by atoms with van der Waals surface area (Å²) in [4.78, 5) is 3.94. The molecule has 0 bridgehead atoms. The summed E-state index contributed by atoms with van der Waals surface area (Å²) in [6.07, 6.45) is 1.29. The lowest BCUT2D eigenvalue weighted by atomic mass is 10.1. The third kappa shape index (κ3) is 2.35. The molecule has 90 valence electrons. The largest absolute Gasteiger partial charge is 0.329 e. The van der Waals surface area contributed by atoms with Crippen LogP contribution in [-0.4, -0.2) is 24.0 Å². The molecule has 2 nitrogen and oxygen atoms in total. The van der Waals surface area contributed by atoms with Crippen molar-refractivity contribution in [3.63, 3.8) is 0 Å². The van der Waals surface area contributed by atoms with Crippen LogP contribution in [0, 0.1) is 5.92 Å². The highest BCUT2D eigenvalue weighted by atomic mass is 79.9. The summed E-state index contributed by atoms with van der Waals surface area (Å²) in [6.45, 7) is 6.52. The molecule has 3 unspecified atom stereocenters. The van der Waals surface area contributed by atoms with Crippen molar-refractivity contribution < 1.29 is 0 Å². The Morgan fingerprint density at radius 3 is 2.81 bits per heavy atom. The third-order valence-corrected chi connectivity index (χ3v) is 5.38. The summed E-state index contributed by atoms with van der Waals surface area (Å²) >= 11 is 5.42. The number of likely N-dealkylation sites (tertiary alicyclic amines) is 1. The van der Waals surface area contributed by atoms with Crippen LogP contribution in [0.3, 0.4) is 0 Å². The van der Waals surface area contributed by atoms with Gasteiger partial charge in [0.15, 0.2) is 0 Å². The Bertz CT molecular complexity index is 353. The van der Waals surface area contributed by atoms with Crippen molar-refractivity contribution in [2.75, 3.05) is 13.1 Å². The number of nitrogens with zero attached hydrogens (tertiary/aromatic N) is 1. The van der Waals surface area contributed by atoms with Gasteiger partial charge in [-0.05, 0) is 46.6 Å². The Morgan fingerprint density at radius 2 is 2.38 bits per heavy atom. The lowest BCUT2D eigenvalue weighted by molar-refractivity contribution is 0.194. The van der Waals surface area contributed by atoms with Gasteiger partial charge < -0.3 is 5.73 Å². The SMILES string of the molecule is CC1CC(C)N(C(CN)c2sccc2Br)C1. The zero-order chi connectivity index (χ0) is 11.7. The lowest BCUT2D eigenvalue weighted by Crippen LogP contribution is -2.36. The Kier molecular flexibility index (Phi) is 4.06. The van der Waals surface area contributed by atoms with E-state index in [1.54, 1.807) is 11.3 Å². The van der Waals surface area contributed by atoms with Gasteiger partial charge in [-0.3, -0.25) is 4.90 Å². The van der Waals surface area contributed by atoms with Crippen molar-refractivity contribution in [2.45, 2.75) is 32.4 Å². The van der Waals surface area contributed by atoms with Crippen molar-refractivity contribution in [1.82, 2.24) is 4.90 Å². The number of halogens is 1. The molecule has 2 rings (SSSR count). The highest BCUT2D eigenvalue weighted by Crippen LogP contribution is 2.37. The first-order chi connectivity index (χ1) is 7.63. The number of hydrogen-bond donors (Lipinski definition) is 1. The second-order valence-electron chi connectivity index (χ2n) is 4.77. The van der Waals surface area contributed by atoms with E-state index in [0.29, 0.717) is 18.6 Å². The van der Waals surface area contributed by atoms with Gasteiger partial charge in [0.2, 0.25) is 0 Å². The van der Waals surface area contributed by atoms with Crippen LogP contribution >= 0.6 is 27.3 Å². The standard InChI is InChI=1S/C12H19BrN2S/c1-8-5-9(2)15(7-8)11(6-14)12-10(13)3-4-16-12/h3-4,8-9,11H,5-7,14H2,1-2H3. The molecule has 1 aliphatic rings. The monoisotopic (exact) mass is 302 g/mol. The number of rotatable bonds is 3. The quantitative estimate of drug-likeness (QED) is 0.929. The molecule has 0 aromatic carbocycles. The molecule has 0 aliphatic carbocycles. The van der Waals surface area contributed by atoms with Gasteiger partial charge in [0.1, 0.15) is 0 Å². The van der Waals surface area contributed by atoms with Crippen LogP contribution in [0.4, 0.5) is 0 Å². The molecule has 2 N–H and O–H groups in total. The first-order valence-corrected chi connectivity index (χ1v) is 7.49. The molecule has 0 spiro atoms. The van der Waals surface area contributed by atoms with Gasteiger partial charge in [-0.15, -0.1) is 11.3 Å². The average Bonchev–Trinajstić information content (AvgIpc) is 2.77. The molecular weight excluding hydrogens is 284 g/mol. The van der Waals surface area contributed by atoms with Crippen LogP contribution in [0.15, 0.2) is 15.9 Å². The topological polar surface area (TPSA) is 29.3 Å². The molecule has 3 atom stereocenters. The fraction of sp³-hybridized carbons (Fsp3) is 0.667. The van der Waals surface area contributed by atoms with Crippen molar-refractivity contribution in [3.8, 4) is 0 Å². The average molecular weight is 303 g/mol. The summed E-state index contributed by atoms with van der Waals surface area (Å²) in [6, 6.07) is 3.15. The Labute approximate surface area is 110 Å². The van der Waals surface area contributed by atoms with E-state index in [1.165, 1.54) is 22.3 Å². The Morgan fingerprint density at radius 1 is 1.62 bits per heavy atom. The van der Waals surface area contributed by atoms with Gasteiger partial charge >= 0.3 is 0 Å². The molecule has 1 aromatic rings. The Balaban J connectivity index is 2.20. The molecule has 1 saturated heterocycles. The first-order valence-electron chi connectivity index (χ1n) is 5.82. The number of thiophene rings is 1. The fourth-order valence-corrected chi connectivity index (χ4v) is 4.47. The van der Waals surface area contributed by atoms with Gasteiger partial charge in [0, 0.05) is 28.5 Å². The maximum absolute atomic E-state index is 5.96. The lowest BCUT2D eigenvalue weighted by Gasteiger charge is -2.30. The molecule has 16 heavy (non-hydrogen) atoms. The Hall–Kier alpha value is 0.100. The second-order valence-corrected chi connectivity index (χ2v) is 6.57. The van der Waals surface area contributed by atoms with E-state index in [9.17, 15) is 0 Å². The predicted octanol–water partition coefficient (Wildman–Crippen LogP) is 3.24. The maximum atomic E-state index is 5.96. The normalized spacial score (nSPS) is 28.5. The van der Waals surface area contributed by atoms with Gasteiger partial charge in [0.25, 0.3) is 0 Å². The molecule has 1 aromatic heterocycles. The first kappa shape index (κ1) is 12.6. The summed E-state index contributed by atoms with van der Waals surface area (Å²) in [7, 11) is 0.